The van der Waals surface area contributed by atoms with Crippen LogP contribution in [0.1, 0.15) is 0 Å². The van der Waals surface area contributed by atoms with Crippen molar-refractivity contribution in [2.24, 2.45) is 0 Å². The molecule has 0 N–H and O–H groups in total. The van der Waals surface area contributed by atoms with Gasteiger partial charge in [-0.05, 0) is 0 Å². The summed E-state index contributed by atoms with van der Waals surface area (Å²) in [6.07, 6.45) is 0. The van der Waals surface area contributed by atoms with Crippen LogP contribution in [-0.2, 0) is 16.2 Å². The molecule has 0 fully saturated rings. The largest absolute Gasteiger partial charge is 0.351 e. The lowest BCUT2D eigenvalue weighted by Crippen LogP contribution is -1.98. The van der Waals surface area contributed by atoms with E-state index in [1.807, 2.05) is 72.8 Å². The fraction of sp³-hybridized carbons (Fsp3) is 0. The summed E-state index contributed by atoms with van der Waals surface area (Å²) in [5.74, 6) is 0. The van der Waals surface area contributed by atoms with Crippen LogP contribution in [-0.4, -0.2) is 16.8 Å². The maximum Gasteiger partial charge on any atom is 0.351 e. The van der Waals surface area contributed by atoms with Gasteiger partial charge in [-0.1, -0.05) is 72.8 Å². The summed E-state index contributed by atoms with van der Waals surface area (Å²) in [5, 5.41) is 0. The molecule has 2 aromatic carbocycles. The van der Waals surface area contributed by atoms with Gasteiger partial charge in [0, 0.05) is 21.4 Å². The zero-order valence-corrected chi connectivity index (χ0v) is 13.3. The lowest BCUT2D eigenvalue weighted by molar-refractivity contribution is 0.598. The van der Waals surface area contributed by atoms with Crippen molar-refractivity contribution in [1.82, 2.24) is 0 Å². The van der Waals surface area contributed by atoms with Crippen molar-refractivity contribution in [3.63, 3.8) is 0 Å². The Morgan fingerprint density at radius 1 is 0.400 bits per heavy atom. The number of hydrogen-bond acceptors (Lipinski definition) is 4. The molecule has 0 aliphatic carbocycles. The van der Waals surface area contributed by atoms with E-state index in [1.54, 1.807) is 0 Å². The second kappa shape index (κ2) is 9.77. The van der Waals surface area contributed by atoms with E-state index in [0.717, 1.165) is 0 Å². The first kappa shape index (κ1) is 18.9. The van der Waals surface area contributed by atoms with Crippen LogP contribution in [0.25, 0.3) is 0 Å². The van der Waals surface area contributed by atoms with Gasteiger partial charge in [0.2, 0.25) is 0 Å². The van der Waals surface area contributed by atoms with Gasteiger partial charge in [0.25, 0.3) is 0 Å². The molecule has 2 aromatic rings. The summed E-state index contributed by atoms with van der Waals surface area (Å²) in [7, 11) is -0.738. The van der Waals surface area contributed by atoms with Gasteiger partial charge in [-0.3, -0.25) is 0 Å². The normalized spacial score (nSPS) is 10.3. The van der Waals surface area contributed by atoms with E-state index in [9.17, 15) is 16.8 Å². The van der Waals surface area contributed by atoms with Crippen LogP contribution in [0.2, 0.25) is 0 Å². The lowest BCUT2D eigenvalue weighted by Gasteiger charge is -1.81. The third kappa shape index (κ3) is 10.8. The Hall–Kier alpha value is -1.08. The fourth-order valence-corrected chi connectivity index (χ4v) is 0.770. The van der Waals surface area contributed by atoms with Gasteiger partial charge in [0.05, 0.1) is 0 Å². The van der Waals surface area contributed by atoms with E-state index < -0.39 is 16.2 Å². The van der Waals surface area contributed by atoms with Crippen molar-refractivity contribution in [3.8, 4) is 0 Å². The quantitative estimate of drug-likeness (QED) is 0.581. The zero-order valence-electron chi connectivity index (χ0n) is 10.1. The van der Waals surface area contributed by atoms with Gasteiger partial charge >= 0.3 is 16.2 Å². The van der Waals surface area contributed by atoms with Crippen LogP contribution in [0, 0.1) is 0 Å². The molecule has 8 heteroatoms. The van der Waals surface area contributed by atoms with E-state index in [2.05, 4.69) is 21.4 Å². The molecular weight excluding hydrogens is 343 g/mol. The molecule has 110 valence electrons. The summed E-state index contributed by atoms with van der Waals surface area (Å²) in [5.41, 5.74) is 0. The zero-order chi connectivity index (χ0) is 15.5. The molecule has 0 saturated heterocycles. The highest BCUT2D eigenvalue weighted by Crippen LogP contribution is 2.11. The van der Waals surface area contributed by atoms with Crippen LogP contribution in [0.15, 0.2) is 72.8 Å². The minimum atomic E-state index is -4.63. The molecule has 0 heterocycles. The van der Waals surface area contributed by atoms with Crippen LogP contribution in [0.4, 0.5) is 0 Å². The molecule has 0 atom stereocenters. The van der Waals surface area contributed by atoms with Crippen molar-refractivity contribution < 1.29 is 16.8 Å². The van der Waals surface area contributed by atoms with Gasteiger partial charge in [-0.15, -0.1) is 0 Å². The first-order valence-electron chi connectivity index (χ1n) is 5.14. The van der Waals surface area contributed by atoms with E-state index in [1.165, 1.54) is 0 Å². The van der Waals surface area contributed by atoms with Crippen LogP contribution < -0.4 is 0 Å². The molecule has 20 heavy (non-hydrogen) atoms. The SMILES string of the molecule is O=S(=O)(Cl)S(=O)(=O)Cl.c1ccccc1.c1ccccc1. The van der Waals surface area contributed by atoms with E-state index in [-0.39, 0.29) is 0 Å². The molecule has 0 unspecified atom stereocenters. The Morgan fingerprint density at radius 2 is 0.500 bits per heavy atom. The monoisotopic (exact) mass is 354 g/mol. The number of benzene rings is 2. The van der Waals surface area contributed by atoms with Crippen molar-refractivity contribution >= 4 is 37.5 Å². The molecule has 0 aliphatic rings. The van der Waals surface area contributed by atoms with Crippen molar-refractivity contribution in [3.05, 3.63) is 72.8 Å². The molecule has 0 aromatic heterocycles. The van der Waals surface area contributed by atoms with Gasteiger partial charge in [0.1, 0.15) is 0 Å². The molecule has 0 saturated carbocycles. The lowest BCUT2D eigenvalue weighted by atomic mass is 10.4. The minimum absolute atomic E-state index is 2.00. The van der Waals surface area contributed by atoms with Crippen molar-refractivity contribution in [2.75, 3.05) is 0 Å². The van der Waals surface area contributed by atoms with Crippen LogP contribution in [0.5, 0.6) is 0 Å². The Kier molecular flexibility index (Phi) is 9.24. The Balaban J connectivity index is 0.000000274. The molecule has 0 amide bonds. The standard InChI is InChI=1S/2C6H6.Cl2O4S2/c2*1-2-4-6-5-3-1;1-7(3,4)8(2,5)6/h2*1-6H;. The highest BCUT2D eigenvalue weighted by molar-refractivity contribution is 8.83. The summed E-state index contributed by atoms with van der Waals surface area (Å²) in [6, 6.07) is 24.0. The summed E-state index contributed by atoms with van der Waals surface area (Å²) in [6.45, 7) is 0. The Labute approximate surface area is 127 Å². The van der Waals surface area contributed by atoms with E-state index in [0.29, 0.717) is 0 Å². The first-order valence-corrected chi connectivity index (χ1v) is 10.3. The molecular formula is C12H12Cl2O4S2. The first-order chi connectivity index (χ1) is 9.25. The second-order valence-electron chi connectivity index (χ2n) is 3.10. The summed E-state index contributed by atoms with van der Waals surface area (Å²) < 4.78 is 38.8. The van der Waals surface area contributed by atoms with E-state index >= 15 is 0 Å². The topological polar surface area (TPSA) is 68.3 Å². The molecule has 0 radical (unpaired) electrons. The number of rotatable bonds is 1. The van der Waals surface area contributed by atoms with Crippen molar-refractivity contribution in [2.45, 2.75) is 0 Å². The number of hydrogen-bond donors (Lipinski definition) is 0. The maximum absolute atomic E-state index is 9.70. The summed E-state index contributed by atoms with van der Waals surface area (Å²) in [4.78, 5) is 0. The average molecular weight is 355 g/mol. The summed E-state index contributed by atoms with van der Waals surface area (Å²) >= 11 is 0. The van der Waals surface area contributed by atoms with Crippen LogP contribution >= 0.6 is 21.4 Å². The Bertz CT molecular complexity index is 542. The predicted molar refractivity (Wildman–Crippen MR) is 82.4 cm³/mol. The molecule has 2 rings (SSSR count). The van der Waals surface area contributed by atoms with Gasteiger partial charge < -0.3 is 0 Å². The predicted octanol–water partition coefficient (Wildman–Crippen LogP) is 3.41. The highest BCUT2D eigenvalue weighted by atomic mass is 35.8. The minimum Gasteiger partial charge on any atom is -0.194 e. The molecule has 0 aliphatic heterocycles. The number of halogens is 2. The fourth-order valence-electron chi connectivity index (χ4n) is 0.770. The van der Waals surface area contributed by atoms with Gasteiger partial charge in [0.15, 0.2) is 0 Å². The highest BCUT2D eigenvalue weighted by Gasteiger charge is 2.23. The third-order valence-electron chi connectivity index (χ3n) is 1.57. The van der Waals surface area contributed by atoms with Gasteiger partial charge in [-0.2, -0.15) is 16.8 Å². The van der Waals surface area contributed by atoms with Crippen LogP contribution in [0.3, 0.4) is 0 Å². The maximum atomic E-state index is 9.70. The van der Waals surface area contributed by atoms with Crippen molar-refractivity contribution in [1.29, 1.82) is 0 Å². The molecule has 0 bridgehead atoms. The van der Waals surface area contributed by atoms with Gasteiger partial charge in [-0.25, -0.2) is 0 Å². The second-order valence-corrected chi connectivity index (χ2v) is 10.8. The molecule has 0 spiro atoms. The smallest absolute Gasteiger partial charge is 0.194 e. The molecule has 4 nitrogen and oxygen atoms in total. The Morgan fingerprint density at radius 3 is 0.550 bits per heavy atom. The van der Waals surface area contributed by atoms with E-state index in [4.69, 9.17) is 0 Å². The third-order valence-corrected chi connectivity index (χ3v) is 7.04. The average Bonchev–Trinajstić information content (AvgIpc) is 2.42.